The zero-order valence-electron chi connectivity index (χ0n) is 14.5. The standard InChI is InChI=1S/C19H17ClFN3O2/c1-10-5-4-8-22-16(10)18-23-11(2)15(19(25)26-3)17(24-18)13-7-6-12(21)9-14(13)20/h4-9,17H,1-3H3,(H,23,24)/t17-/m0/s1. The number of halogens is 2. The van der Waals surface area contributed by atoms with Gasteiger partial charge in [-0.3, -0.25) is 9.98 Å². The van der Waals surface area contributed by atoms with Crippen molar-refractivity contribution in [1.82, 2.24) is 10.3 Å². The average Bonchev–Trinajstić information content (AvgIpc) is 2.61. The molecule has 1 aromatic carbocycles. The molecule has 1 aromatic heterocycles. The summed E-state index contributed by atoms with van der Waals surface area (Å²) in [6, 6.07) is 7.03. The molecule has 0 bridgehead atoms. The van der Waals surface area contributed by atoms with Crippen LogP contribution in [0.25, 0.3) is 0 Å². The summed E-state index contributed by atoms with van der Waals surface area (Å²) in [5.74, 6) is -0.475. The van der Waals surface area contributed by atoms with Crippen LogP contribution in [0.4, 0.5) is 4.39 Å². The van der Waals surface area contributed by atoms with E-state index in [9.17, 15) is 9.18 Å². The van der Waals surface area contributed by atoms with Crippen LogP contribution in [-0.2, 0) is 9.53 Å². The highest BCUT2D eigenvalue weighted by Gasteiger charge is 2.32. The number of nitrogens with one attached hydrogen (secondary N) is 1. The van der Waals surface area contributed by atoms with Crippen molar-refractivity contribution in [3.05, 3.63) is 75.5 Å². The van der Waals surface area contributed by atoms with Gasteiger partial charge in [-0.1, -0.05) is 23.7 Å². The van der Waals surface area contributed by atoms with Gasteiger partial charge >= 0.3 is 5.97 Å². The summed E-state index contributed by atoms with van der Waals surface area (Å²) in [7, 11) is 1.30. The quantitative estimate of drug-likeness (QED) is 0.833. The number of pyridine rings is 1. The number of methoxy groups -OCH3 is 1. The molecule has 1 aliphatic rings. The van der Waals surface area contributed by atoms with Gasteiger partial charge < -0.3 is 10.1 Å². The maximum absolute atomic E-state index is 13.5. The SMILES string of the molecule is COC(=O)C1=C(C)NC(c2ncccc2C)=N[C@H]1c1ccc(F)cc1Cl. The van der Waals surface area contributed by atoms with Crippen LogP contribution < -0.4 is 5.32 Å². The van der Waals surface area contributed by atoms with Crippen LogP contribution >= 0.6 is 11.6 Å². The Morgan fingerprint density at radius 2 is 2.08 bits per heavy atom. The summed E-state index contributed by atoms with van der Waals surface area (Å²) in [4.78, 5) is 21.3. The molecule has 2 heterocycles. The predicted octanol–water partition coefficient (Wildman–Crippen LogP) is 3.72. The van der Waals surface area contributed by atoms with Crippen LogP contribution in [0.2, 0.25) is 5.02 Å². The number of aryl methyl sites for hydroxylation is 1. The number of allylic oxidation sites excluding steroid dienone is 1. The lowest BCUT2D eigenvalue weighted by molar-refractivity contribution is -0.136. The van der Waals surface area contributed by atoms with Gasteiger partial charge in [-0.05, 0) is 37.6 Å². The summed E-state index contributed by atoms with van der Waals surface area (Å²) < 4.78 is 18.4. The molecule has 0 unspecified atom stereocenters. The number of amidine groups is 1. The number of rotatable bonds is 3. The van der Waals surface area contributed by atoms with Crippen LogP contribution in [0.1, 0.15) is 29.8 Å². The molecule has 0 spiro atoms. The maximum atomic E-state index is 13.5. The number of aliphatic imine (C=N–C) groups is 1. The summed E-state index contributed by atoms with van der Waals surface area (Å²) in [6.07, 6.45) is 1.67. The largest absolute Gasteiger partial charge is 0.466 e. The maximum Gasteiger partial charge on any atom is 0.338 e. The number of carbonyl (C=O) groups is 1. The van der Waals surface area contributed by atoms with E-state index in [1.807, 2.05) is 19.1 Å². The lowest BCUT2D eigenvalue weighted by Crippen LogP contribution is -2.33. The first-order valence-corrected chi connectivity index (χ1v) is 8.31. The first kappa shape index (κ1) is 18.1. The Labute approximate surface area is 155 Å². The number of nitrogens with zero attached hydrogens (tertiary/aromatic N) is 2. The monoisotopic (exact) mass is 373 g/mol. The van der Waals surface area contributed by atoms with Gasteiger partial charge in [-0.2, -0.15) is 0 Å². The minimum absolute atomic E-state index is 0.187. The molecule has 5 nitrogen and oxygen atoms in total. The second-order valence-electron chi connectivity index (χ2n) is 5.87. The van der Waals surface area contributed by atoms with E-state index in [-0.39, 0.29) is 5.02 Å². The first-order chi connectivity index (χ1) is 12.4. The number of hydrogen-bond acceptors (Lipinski definition) is 5. The fraction of sp³-hybridized carbons (Fsp3) is 0.211. The van der Waals surface area contributed by atoms with Crippen molar-refractivity contribution in [1.29, 1.82) is 0 Å². The molecule has 134 valence electrons. The number of carbonyl (C=O) groups excluding carboxylic acids is 1. The van der Waals surface area contributed by atoms with E-state index in [0.717, 1.165) is 5.56 Å². The average molecular weight is 374 g/mol. The zero-order valence-corrected chi connectivity index (χ0v) is 15.3. The van der Waals surface area contributed by atoms with Gasteiger partial charge in [0, 0.05) is 22.5 Å². The fourth-order valence-electron chi connectivity index (χ4n) is 2.85. The van der Waals surface area contributed by atoms with Crippen molar-refractivity contribution in [3.8, 4) is 0 Å². The van der Waals surface area contributed by atoms with Crippen molar-refractivity contribution in [2.45, 2.75) is 19.9 Å². The molecule has 0 radical (unpaired) electrons. The number of ether oxygens (including phenoxy) is 1. The Balaban J connectivity index is 2.17. The molecular weight excluding hydrogens is 357 g/mol. The number of aromatic nitrogens is 1. The van der Waals surface area contributed by atoms with Crippen molar-refractivity contribution in [2.24, 2.45) is 4.99 Å². The highest BCUT2D eigenvalue weighted by Crippen LogP contribution is 2.36. The molecular formula is C19H17ClFN3O2. The number of hydrogen-bond donors (Lipinski definition) is 1. The predicted molar refractivity (Wildman–Crippen MR) is 97.5 cm³/mol. The molecule has 0 saturated carbocycles. The highest BCUT2D eigenvalue weighted by molar-refractivity contribution is 6.31. The molecule has 0 saturated heterocycles. The molecule has 0 fully saturated rings. The molecule has 3 rings (SSSR count). The van der Waals surface area contributed by atoms with Crippen LogP contribution in [0, 0.1) is 12.7 Å². The second kappa shape index (κ2) is 7.25. The lowest BCUT2D eigenvalue weighted by Gasteiger charge is -2.26. The van der Waals surface area contributed by atoms with E-state index in [1.54, 1.807) is 13.1 Å². The second-order valence-corrected chi connectivity index (χ2v) is 6.28. The fourth-order valence-corrected chi connectivity index (χ4v) is 3.12. The van der Waals surface area contributed by atoms with Gasteiger partial charge in [0.2, 0.25) is 0 Å². The molecule has 0 aliphatic carbocycles. The molecule has 0 amide bonds. The third kappa shape index (κ3) is 3.32. The van der Waals surface area contributed by atoms with Gasteiger partial charge in [0.1, 0.15) is 17.6 Å². The van der Waals surface area contributed by atoms with E-state index in [4.69, 9.17) is 16.3 Å². The van der Waals surface area contributed by atoms with Crippen LogP contribution in [0.3, 0.4) is 0 Å². The van der Waals surface area contributed by atoms with Crippen molar-refractivity contribution in [3.63, 3.8) is 0 Å². The minimum atomic E-state index is -0.729. The summed E-state index contributed by atoms with van der Waals surface area (Å²) in [5, 5.41) is 3.31. The Morgan fingerprint density at radius 1 is 1.31 bits per heavy atom. The van der Waals surface area contributed by atoms with Gasteiger partial charge in [0.05, 0.1) is 12.7 Å². The molecule has 2 aromatic rings. The smallest absolute Gasteiger partial charge is 0.338 e. The molecule has 1 N–H and O–H groups in total. The molecule has 26 heavy (non-hydrogen) atoms. The van der Waals surface area contributed by atoms with Gasteiger partial charge in [0.25, 0.3) is 0 Å². The van der Waals surface area contributed by atoms with E-state index < -0.39 is 17.8 Å². The number of benzene rings is 1. The Hall–Kier alpha value is -2.73. The summed E-state index contributed by atoms with van der Waals surface area (Å²) in [6.45, 7) is 3.67. The van der Waals surface area contributed by atoms with E-state index in [0.29, 0.717) is 28.4 Å². The lowest BCUT2D eigenvalue weighted by atomic mass is 9.95. The van der Waals surface area contributed by atoms with Crippen molar-refractivity contribution >= 4 is 23.4 Å². The molecule has 1 atom stereocenters. The Kier molecular flexibility index (Phi) is 5.04. The normalized spacial score (nSPS) is 16.8. The highest BCUT2D eigenvalue weighted by atomic mass is 35.5. The number of esters is 1. The van der Waals surface area contributed by atoms with Crippen LogP contribution in [0.15, 0.2) is 52.8 Å². The van der Waals surface area contributed by atoms with E-state index in [1.165, 1.54) is 25.3 Å². The first-order valence-electron chi connectivity index (χ1n) is 7.93. The van der Waals surface area contributed by atoms with Gasteiger partial charge in [0.15, 0.2) is 5.84 Å². The minimum Gasteiger partial charge on any atom is -0.466 e. The topological polar surface area (TPSA) is 63.6 Å². The molecule has 1 aliphatic heterocycles. The van der Waals surface area contributed by atoms with Gasteiger partial charge in [-0.15, -0.1) is 0 Å². The van der Waals surface area contributed by atoms with Crippen molar-refractivity contribution in [2.75, 3.05) is 7.11 Å². The van der Waals surface area contributed by atoms with Crippen molar-refractivity contribution < 1.29 is 13.9 Å². The van der Waals surface area contributed by atoms with Crippen LogP contribution in [-0.4, -0.2) is 23.9 Å². The zero-order chi connectivity index (χ0) is 18.8. The Bertz CT molecular complexity index is 940. The summed E-state index contributed by atoms with van der Waals surface area (Å²) in [5.41, 5.74) is 3.01. The summed E-state index contributed by atoms with van der Waals surface area (Å²) >= 11 is 6.23. The van der Waals surface area contributed by atoms with Crippen LogP contribution in [0.5, 0.6) is 0 Å². The third-order valence-corrected chi connectivity index (χ3v) is 4.47. The van der Waals surface area contributed by atoms with E-state index in [2.05, 4.69) is 15.3 Å². The van der Waals surface area contributed by atoms with E-state index >= 15 is 0 Å². The third-order valence-electron chi connectivity index (χ3n) is 4.14. The molecule has 7 heteroatoms. The Morgan fingerprint density at radius 3 is 2.73 bits per heavy atom. The van der Waals surface area contributed by atoms with Gasteiger partial charge in [-0.25, -0.2) is 9.18 Å².